The Hall–Kier alpha value is -0.860. The van der Waals surface area contributed by atoms with Gasteiger partial charge < -0.3 is 10.8 Å². The molecular formula is C9H15NO. The van der Waals surface area contributed by atoms with Crippen molar-refractivity contribution in [3.8, 4) is 0 Å². The zero-order valence-electron chi connectivity index (χ0n) is 6.66. The molecule has 0 aliphatic rings. The molecule has 0 aromatic carbocycles. The molecule has 3 N–H and O–H groups in total. The summed E-state index contributed by atoms with van der Waals surface area (Å²) in [5.41, 5.74) is 6.51. The minimum absolute atomic E-state index is 0.00230. The Balaban J connectivity index is 3.97. The Morgan fingerprint density at radius 3 is 2.55 bits per heavy atom. The van der Waals surface area contributed by atoms with E-state index in [1.807, 2.05) is 6.08 Å². The maximum atomic E-state index is 8.64. The van der Waals surface area contributed by atoms with Gasteiger partial charge in [0.1, 0.15) is 0 Å². The largest absolute Gasteiger partial charge is 0.395 e. The van der Waals surface area contributed by atoms with Crippen molar-refractivity contribution in [3.63, 3.8) is 0 Å². The molecule has 1 unspecified atom stereocenters. The summed E-state index contributed by atoms with van der Waals surface area (Å²) in [4.78, 5) is 0. The van der Waals surface area contributed by atoms with Crippen molar-refractivity contribution in [2.75, 3.05) is 6.61 Å². The standard InChI is InChI=1S/C9H15NO/c1-3-5-8(4-2)6-9(10)7-11/h3-5,9,11H,1-2,6-7,10H2/b8-5+. The van der Waals surface area contributed by atoms with Crippen molar-refractivity contribution >= 4 is 0 Å². The average Bonchev–Trinajstić information content (AvgIpc) is 2.03. The normalized spacial score (nSPS) is 14.2. The van der Waals surface area contributed by atoms with Gasteiger partial charge in [0.15, 0.2) is 0 Å². The third-order valence-corrected chi connectivity index (χ3v) is 1.33. The number of allylic oxidation sites excluding steroid dienone is 3. The maximum absolute atomic E-state index is 8.64. The van der Waals surface area contributed by atoms with Crippen LogP contribution in [-0.4, -0.2) is 17.8 Å². The summed E-state index contributed by atoms with van der Waals surface area (Å²) in [6, 6.07) is -0.195. The molecule has 0 bridgehead atoms. The first-order valence-corrected chi connectivity index (χ1v) is 3.55. The molecule has 0 aliphatic heterocycles. The van der Waals surface area contributed by atoms with Crippen molar-refractivity contribution in [1.29, 1.82) is 0 Å². The number of rotatable bonds is 5. The van der Waals surface area contributed by atoms with Crippen LogP contribution >= 0.6 is 0 Å². The Labute approximate surface area is 67.7 Å². The molecule has 0 rings (SSSR count). The van der Waals surface area contributed by atoms with E-state index in [9.17, 15) is 0 Å². The lowest BCUT2D eigenvalue weighted by molar-refractivity contribution is 0.265. The third-order valence-electron chi connectivity index (χ3n) is 1.33. The van der Waals surface area contributed by atoms with Crippen LogP contribution in [0.15, 0.2) is 37.0 Å². The van der Waals surface area contributed by atoms with Gasteiger partial charge in [0.25, 0.3) is 0 Å². The van der Waals surface area contributed by atoms with Gasteiger partial charge in [-0.05, 0) is 12.0 Å². The molecule has 2 nitrogen and oxygen atoms in total. The number of nitrogens with two attached hydrogens (primary N) is 1. The third kappa shape index (κ3) is 4.53. The highest BCUT2D eigenvalue weighted by molar-refractivity contribution is 5.21. The predicted molar refractivity (Wildman–Crippen MR) is 48.2 cm³/mol. The van der Waals surface area contributed by atoms with Crippen LogP contribution < -0.4 is 5.73 Å². The van der Waals surface area contributed by atoms with E-state index in [1.54, 1.807) is 12.2 Å². The van der Waals surface area contributed by atoms with Crippen LogP contribution in [0.5, 0.6) is 0 Å². The fourth-order valence-electron chi connectivity index (χ4n) is 0.738. The van der Waals surface area contributed by atoms with Crippen molar-refractivity contribution in [1.82, 2.24) is 0 Å². The first-order chi connectivity index (χ1) is 5.24. The van der Waals surface area contributed by atoms with E-state index in [0.717, 1.165) is 5.57 Å². The molecule has 0 radical (unpaired) electrons. The topological polar surface area (TPSA) is 46.2 Å². The molecule has 0 amide bonds. The lowest BCUT2D eigenvalue weighted by Crippen LogP contribution is -2.24. The van der Waals surface area contributed by atoms with Crippen LogP contribution in [0.25, 0.3) is 0 Å². The first kappa shape index (κ1) is 10.1. The van der Waals surface area contributed by atoms with Gasteiger partial charge in [-0.25, -0.2) is 0 Å². The fourth-order valence-corrected chi connectivity index (χ4v) is 0.738. The molecule has 0 aromatic heterocycles. The summed E-state index contributed by atoms with van der Waals surface area (Å²) in [7, 11) is 0. The summed E-state index contributed by atoms with van der Waals surface area (Å²) in [6.07, 6.45) is 5.88. The molecule has 0 saturated heterocycles. The van der Waals surface area contributed by atoms with Crippen LogP contribution in [0.2, 0.25) is 0 Å². The molecule has 1 atom stereocenters. The highest BCUT2D eigenvalue weighted by atomic mass is 16.3. The average molecular weight is 153 g/mol. The Morgan fingerprint density at radius 1 is 1.55 bits per heavy atom. The van der Waals surface area contributed by atoms with E-state index in [-0.39, 0.29) is 12.6 Å². The van der Waals surface area contributed by atoms with Gasteiger partial charge in [-0.1, -0.05) is 31.4 Å². The minimum atomic E-state index is -0.195. The minimum Gasteiger partial charge on any atom is -0.395 e. The van der Waals surface area contributed by atoms with Crippen LogP contribution in [-0.2, 0) is 0 Å². The molecule has 0 saturated carbocycles. The Morgan fingerprint density at radius 2 is 2.18 bits per heavy atom. The number of aliphatic hydroxyl groups is 1. The van der Waals surface area contributed by atoms with E-state index in [4.69, 9.17) is 10.8 Å². The van der Waals surface area contributed by atoms with Crippen molar-refractivity contribution in [2.45, 2.75) is 12.5 Å². The summed E-state index contributed by atoms with van der Waals surface area (Å²) >= 11 is 0. The van der Waals surface area contributed by atoms with Gasteiger partial charge in [-0.15, -0.1) is 0 Å². The van der Waals surface area contributed by atoms with E-state index < -0.39 is 0 Å². The Kier molecular flexibility index (Phi) is 5.43. The summed E-state index contributed by atoms with van der Waals surface area (Å²) in [6.45, 7) is 7.17. The van der Waals surface area contributed by atoms with Crippen molar-refractivity contribution in [2.24, 2.45) is 5.73 Å². The summed E-state index contributed by atoms with van der Waals surface area (Å²) in [5.74, 6) is 0. The lowest BCUT2D eigenvalue weighted by Gasteiger charge is -2.07. The van der Waals surface area contributed by atoms with Gasteiger partial charge in [0, 0.05) is 6.04 Å². The predicted octanol–water partition coefficient (Wildman–Crippen LogP) is 0.994. The summed E-state index contributed by atoms with van der Waals surface area (Å²) < 4.78 is 0. The highest BCUT2D eigenvalue weighted by Crippen LogP contribution is 2.04. The van der Waals surface area contributed by atoms with E-state index in [0.29, 0.717) is 6.42 Å². The molecule has 0 spiro atoms. The molecule has 2 heteroatoms. The molecule has 62 valence electrons. The number of hydrogen-bond acceptors (Lipinski definition) is 2. The second-order valence-electron chi connectivity index (χ2n) is 2.33. The zero-order valence-corrected chi connectivity index (χ0v) is 6.66. The molecule has 0 aromatic rings. The maximum Gasteiger partial charge on any atom is 0.0585 e. The fraction of sp³-hybridized carbons (Fsp3) is 0.333. The summed E-state index contributed by atoms with van der Waals surface area (Å²) in [5, 5.41) is 8.64. The van der Waals surface area contributed by atoms with Gasteiger partial charge in [0.2, 0.25) is 0 Å². The highest BCUT2D eigenvalue weighted by Gasteiger charge is 2.00. The molecule has 0 heterocycles. The number of hydrogen-bond donors (Lipinski definition) is 2. The van der Waals surface area contributed by atoms with Crippen molar-refractivity contribution < 1.29 is 5.11 Å². The molecule has 0 aliphatic carbocycles. The first-order valence-electron chi connectivity index (χ1n) is 3.55. The van der Waals surface area contributed by atoms with Crippen LogP contribution in [0.3, 0.4) is 0 Å². The molecular weight excluding hydrogens is 138 g/mol. The second-order valence-corrected chi connectivity index (χ2v) is 2.33. The Bertz CT molecular complexity index is 161. The second kappa shape index (κ2) is 5.89. The van der Waals surface area contributed by atoms with E-state index >= 15 is 0 Å². The van der Waals surface area contributed by atoms with Gasteiger partial charge in [-0.3, -0.25) is 0 Å². The van der Waals surface area contributed by atoms with E-state index in [1.165, 1.54) is 0 Å². The van der Waals surface area contributed by atoms with Gasteiger partial charge >= 0.3 is 0 Å². The smallest absolute Gasteiger partial charge is 0.0585 e. The van der Waals surface area contributed by atoms with Crippen LogP contribution in [0, 0.1) is 0 Å². The zero-order chi connectivity index (χ0) is 8.69. The monoisotopic (exact) mass is 153 g/mol. The van der Waals surface area contributed by atoms with E-state index in [2.05, 4.69) is 13.2 Å². The molecule has 11 heavy (non-hydrogen) atoms. The molecule has 0 fully saturated rings. The lowest BCUT2D eigenvalue weighted by atomic mass is 10.1. The van der Waals surface area contributed by atoms with Crippen LogP contribution in [0.1, 0.15) is 6.42 Å². The van der Waals surface area contributed by atoms with Crippen molar-refractivity contribution in [3.05, 3.63) is 37.0 Å². The quantitative estimate of drug-likeness (QED) is 0.579. The van der Waals surface area contributed by atoms with Gasteiger partial charge in [0.05, 0.1) is 6.61 Å². The number of aliphatic hydroxyl groups excluding tert-OH is 1. The van der Waals surface area contributed by atoms with Gasteiger partial charge in [-0.2, -0.15) is 0 Å². The SMILES string of the molecule is C=C/C=C(\C=C)CC(N)CO. The van der Waals surface area contributed by atoms with Crippen LogP contribution in [0.4, 0.5) is 0 Å².